The van der Waals surface area contributed by atoms with Crippen molar-refractivity contribution in [1.29, 1.82) is 0 Å². The van der Waals surface area contributed by atoms with E-state index >= 15 is 0 Å². The van der Waals surface area contributed by atoms with Crippen molar-refractivity contribution in [2.24, 2.45) is 0 Å². The van der Waals surface area contributed by atoms with E-state index in [0.29, 0.717) is 5.56 Å². The molecule has 2 aromatic rings. The van der Waals surface area contributed by atoms with E-state index in [-0.39, 0.29) is 4.90 Å². The second-order valence-electron chi connectivity index (χ2n) is 4.33. The average Bonchev–Trinajstić information content (AvgIpc) is 2.42. The van der Waals surface area contributed by atoms with Gasteiger partial charge in [0.05, 0.1) is 4.90 Å². The van der Waals surface area contributed by atoms with E-state index in [1.165, 1.54) is 18.2 Å². The van der Waals surface area contributed by atoms with Gasteiger partial charge in [0, 0.05) is 6.04 Å². The Morgan fingerprint density at radius 2 is 1.65 bits per heavy atom. The topological polar surface area (TPSA) is 46.2 Å². The molecule has 0 aliphatic carbocycles. The van der Waals surface area contributed by atoms with Gasteiger partial charge in [0.1, 0.15) is 0 Å². The molecule has 0 amide bonds. The van der Waals surface area contributed by atoms with Crippen LogP contribution in [0.5, 0.6) is 0 Å². The van der Waals surface area contributed by atoms with Crippen molar-refractivity contribution in [2.75, 3.05) is 0 Å². The Morgan fingerprint density at radius 3 is 2.25 bits per heavy atom. The number of sulfonamides is 1. The van der Waals surface area contributed by atoms with E-state index in [2.05, 4.69) is 4.72 Å². The first kappa shape index (κ1) is 14.6. The molecule has 20 heavy (non-hydrogen) atoms. The summed E-state index contributed by atoms with van der Waals surface area (Å²) in [6.45, 7) is 1.56. The Balaban J connectivity index is 2.23. The summed E-state index contributed by atoms with van der Waals surface area (Å²) in [4.78, 5) is 0.120. The molecule has 1 N–H and O–H groups in total. The predicted molar refractivity (Wildman–Crippen MR) is 71.5 cm³/mol. The van der Waals surface area contributed by atoms with Crippen LogP contribution in [-0.4, -0.2) is 8.42 Å². The minimum atomic E-state index is -3.70. The summed E-state index contributed by atoms with van der Waals surface area (Å²) in [6, 6.07) is 10.5. The highest BCUT2D eigenvalue weighted by atomic mass is 32.2. The molecule has 0 aromatic heterocycles. The van der Waals surface area contributed by atoms with Crippen LogP contribution >= 0.6 is 0 Å². The van der Waals surface area contributed by atoms with Crippen LogP contribution in [-0.2, 0) is 10.0 Å². The maximum atomic E-state index is 13.1. The quantitative estimate of drug-likeness (QED) is 0.943. The highest BCUT2D eigenvalue weighted by Gasteiger charge is 2.18. The van der Waals surface area contributed by atoms with Gasteiger partial charge in [0.2, 0.25) is 10.0 Å². The van der Waals surface area contributed by atoms with E-state index in [0.717, 1.165) is 12.1 Å². The molecule has 0 saturated carbocycles. The minimum absolute atomic E-state index is 0.120. The van der Waals surface area contributed by atoms with Gasteiger partial charge in [-0.1, -0.05) is 24.3 Å². The fraction of sp³-hybridized carbons (Fsp3) is 0.143. The van der Waals surface area contributed by atoms with E-state index in [9.17, 15) is 17.2 Å². The van der Waals surface area contributed by atoms with Crippen molar-refractivity contribution in [3.8, 4) is 0 Å². The highest BCUT2D eigenvalue weighted by molar-refractivity contribution is 7.89. The Labute approximate surface area is 116 Å². The predicted octanol–water partition coefficient (Wildman–Crippen LogP) is 3.00. The zero-order valence-corrected chi connectivity index (χ0v) is 11.5. The standard InChI is InChI=1S/C14H13F2NO2S/c1-10(11-7-8-13(15)14(16)9-11)17-20(18,19)12-5-3-2-4-6-12/h2-10,17H,1H3. The Morgan fingerprint density at radius 1 is 1.00 bits per heavy atom. The first-order valence-corrected chi connectivity index (χ1v) is 7.41. The van der Waals surface area contributed by atoms with E-state index in [1.54, 1.807) is 25.1 Å². The van der Waals surface area contributed by atoms with Crippen molar-refractivity contribution in [1.82, 2.24) is 4.72 Å². The van der Waals surface area contributed by atoms with Crippen LogP contribution in [0, 0.1) is 11.6 Å². The monoisotopic (exact) mass is 297 g/mol. The smallest absolute Gasteiger partial charge is 0.207 e. The lowest BCUT2D eigenvalue weighted by Gasteiger charge is -2.15. The Kier molecular flexibility index (Phi) is 4.15. The van der Waals surface area contributed by atoms with Gasteiger partial charge in [-0.15, -0.1) is 0 Å². The SMILES string of the molecule is CC(NS(=O)(=O)c1ccccc1)c1ccc(F)c(F)c1. The zero-order valence-electron chi connectivity index (χ0n) is 10.7. The van der Waals surface area contributed by atoms with Gasteiger partial charge < -0.3 is 0 Å². The van der Waals surface area contributed by atoms with Gasteiger partial charge in [-0.3, -0.25) is 0 Å². The van der Waals surface area contributed by atoms with Crippen molar-refractivity contribution >= 4 is 10.0 Å². The minimum Gasteiger partial charge on any atom is -0.207 e. The van der Waals surface area contributed by atoms with Gasteiger partial charge in [-0.25, -0.2) is 21.9 Å². The number of benzene rings is 2. The Hall–Kier alpha value is -1.79. The summed E-state index contributed by atoms with van der Waals surface area (Å²) in [7, 11) is -3.70. The number of rotatable bonds is 4. The molecule has 1 unspecified atom stereocenters. The van der Waals surface area contributed by atoms with Crippen LogP contribution in [0.3, 0.4) is 0 Å². The molecule has 2 aromatic carbocycles. The molecule has 0 saturated heterocycles. The summed E-state index contributed by atoms with van der Waals surface area (Å²) in [5, 5.41) is 0. The van der Waals surface area contributed by atoms with Crippen molar-refractivity contribution < 1.29 is 17.2 Å². The van der Waals surface area contributed by atoms with Gasteiger partial charge in [-0.05, 0) is 36.8 Å². The lowest BCUT2D eigenvalue weighted by Crippen LogP contribution is -2.27. The first-order valence-electron chi connectivity index (χ1n) is 5.92. The zero-order chi connectivity index (χ0) is 14.8. The molecule has 3 nitrogen and oxygen atoms in total. The molecular formula is C14H13F2NO2S. The van der Waals surface area contributed by atoms with Gasteiger partial charge >= 0.3 is 0 Å². The van der Waals surface area contributed by atoms with Crippen LogP contribution in [0.4, 0.5) is 8.78 Å². The molecular weight excluding hydrogens is 284 g/mol. The highest BCUT2D eigenvalue weighted by Crippen LogP contribution is 2.18. The van der Waals surface area contributed by atoms with Crippen molar-refractivity contribution in [3.63, 3.8) is 0 Å². The molecule has 6 heteroatoms. The summed E-state index contributed by atoms with van der Waals surface area (Å²) >= 11 is 0. The van der Waals surface area contributed by atoms with Crippen LogP contribution in [0.1, 0.15) is 18.5 Å². The average molecular weight is 297 g/mol. The third kappa shape index (κ3) is 3.20. The first-order chi connectivity index (χ1) is 9.40. The molecule has 0 bridgehead atoms. The fourth-order valence-corrected chi connectivity index (χ4v) is 3.00. The second kappa shape index (κ2) is 5.68. The summed E-state index contributed by atoms with van der Waals surface area (Å²) in [6.07, 6.45) is 0. The molecule has 0 spiro atoms. The van der Waals surface area contributed by atoms with Gasteiger partial charge in [-0.2, -0.15) is 0 Å². The molecule has 1 atom stereocenters. The van der Waals surface area contributed by atoms with Crippen LogP contribution in [0.25, 0.3) is 0 Å². The summed E-state index contributed by atoms with van der Waals surface area (Å²) in [5.41, 5.74) is 0.350. The maximum absolute atomic E-state index is 13.1. The molecule has 2 rings (SSSR count). The molecule has 0 fully saturated rings. The van der Waals surface area contributed by atoms with Crippen LogP contribution < -0.4 is 4.72 Å². The number of hydrogen-bond acceptors (Lipinski definition) is 2. The summed E-state index contributed by atoms with van der Waals surface area (Å²) < 4.78 is 52.6. The number of hydrogen-bond donors (Lipinski definition) is 1. The lowest BCUT2D eigenvalue weighted by atomic mass is 10.1. The maximum Gasteiger partial charge on any atom is 0.241 e. The number of halogens is 2. The second-order valence-corrected chi connectivity index (χ2v) is 6.04. The largest absolute Gasteiger partial charge is 0.241 e. The third-order valence-corrected chi connectivity index (χ3v) is 4.39. The van der Waals surface area contributed by atoms with Crippen molar-refractivity contribution in [2.45, 2.75) is 17.9 Å². The normalized spacial score (nSPS) is 13.2. The molecule has 106 valence electrons. The van der Waals surface area contributed by atoms with Gasteiger partial charge in [0.25, 0.3) is 0 Å². The third-order valence-electron chi connectivity index (χ3n) is 2.83. The van der Waals surface area contributed by atoms with Crippen molar-refractivity contribution in [3.05, 3.63) is 65.7 Å². The molecule has 0 heterocycles. The van der Waals surface area contributed by atoms with E-state index in [4.69, 9.17) is 0 Å². The van der Waals surface area contributed by atoms with E-state index < -0.39 is 27.7 Å². The Bertz CT molecular complexity index is 702. The van der Waals surface area contributed by atoms with Gasteiger partial charge in [0.15, 0.2) is 11.6 Å². The summed E-state index contributed by atoms with van der Waals surface area (Å²) in [5.74, 6) is -1.97. The van der Waals surface area contributed by atoms with Crippen LogP contribution in [0.15, 0.2) is 53.4 Å². The van der Waals surface area contributed by atoms with E-state index in [1.807, 2.05) is 0 Å². The van der Waals surface area contributed by atoms with Crippen LogP contribution in [0.2, 0.25) is 0 Å². The molecule has 0 aliphatic heterocycles. The fourth-order valence-electron chi connectivity index (χ4n) is 1.75. The molecule has 0 aliphatic rings. The number of nitrogens with one attached hydrogen (secondary N) is 1. The molecule has 0 radical (unpaired) electrons. The lowest BCUT2D eigenvalue weighted by molar-refractivity contribution is 0.504.